The molecule has 0 fully saturated rings. The maximum Gasteiger partial charge on any atom is 0.223 e. The van der Waals surface area contributed by atoms with Crippen molar-refractivity contribution >= 4 is 34.8 Å². The molecular weight excluding hydrogens is 333 g/mol. The van der Waals surface area contributed by atoms with Gasteiger partial charge in [-0.05, 0) is 24.1 Å². The molecule has 0 aliphatic carbocycles. The Labute approximate surface area is 145 Å². The van der Waals surface area contributed by atoms with E-state index in [-0.39, 0.29) is 0 Å². The van der Waals surface area contributed by atoms with Crippen molar-refractivity contribution in [2.45, 2.75) is 6.42 Å². The van der Waals surface area contributed by atoms with Gasteiger partial charge in [0.2, 0.25) is 5.96 Å². The molecule has 0 saturated heterocycles. The molecule has 23 heavy (non-hydrogen) atoms. The van der Waals surface area contributed by atoms with Crippen LogP contribution in [-0.4, -0.2) is 30.7 Å². The number of halogens is 2. The third-order valence-corrected chi connectivity index (χ3v) is 4.11. The van der Waals surface area contributed by atoms with Crippen molar-refractivity contribution in [2.75, 3.05) is 25.0 Å². The molecule has 0 aromatic heterocycles. The molecule has 1 aliphatic rings. The summed E-state index contributed by atoms with van der Waals surface area (Å²) in [6, 6.07) is 15.6. The van der Waals surface area contributed by atoms with Crippen molar-refractivity contribution in [1.82, 2.24) is 5.06 Å². The van der Waals surface area contributed by atoms with Crippen molar-refractivity contribution in [3.05, 3.63) is 64.1 Å². The molecule has 6 heteroatoms. The smallest absolute Gasteiger partial charge is 0.223 e. The lowest BCUT2D eigenvalue weighted by Crippen LogP contribution is -2.34. The summed E-state index contributed by atoms with van der Waals surface area (Å²) in [7, 11) is 0. The Morgan fingerprint density at radius 1 is 1.04 bits per heavy atom. The molecule has 4 nitrogen and oxygen atoms in total. The molecule has 0 bridgehead atoms. The van der Waals surface area contributed by atoms with E-state index in [1.807, 2.05) is 18.2 Å². The summed E-state index contributed by atoms with van der Waals surface area (Å²) in [5.74, 6) is 0.632. The van der Waals surface area contributed by atoms with E-state index >= 15 is 0 Å². The van der Waals surface area contributed by atoms with Gasteiger partial charge >= 0.3 is 0 Å². The zero-order valence-corrected chi connectivity index (χ0v) is 14.0. The van der Waals surface area contributed by atoms with Crippen molar-refractivity contribution in [2.24, 2.45) is 4.99 Å². The van der Waals surface area contributed by atoms with Gasteiger partial charge in [0.15, 0.2) is 0 Å². The minimum atomic E-state index is 0.552. The highest BCUT2D eigenvalue weighted by atomic mass is 35.5. The fraction of sp³-hybridized carbons (Fsp3) is 0.235. The number of guanidine groups is 1. The summed E-state index contributed by atoms with van der Waals surface area (Å²) < 4.78 is 0. The number of hydroxylamine groups is 2. The summed E-state index contributed by atoms with van der Waals surface area (Å²) in [5, 5.41) is 6.02. The van der Waals surface area contributed by atoms with Crippen LogP contribution >= 0.6 is 23.2 Å². The first kappa shape index (κ1) is 16.1. The Bertz CT molecular complexity index is 671. The fourth-order valence-corrected chi connectivity index (χ4v) is 2.80. The average Bonchev–Trinajstić information content (AvgIpc) is 2.99. The first-order valence-electron chi connectivity index (χ1n) is 7.44. The molecule has 2 aromatic rings. The lowest BCUT2D eigenvalue weighted by atomic mass is 10.2. The van der Waals surface area contributed by atoms with Crippen LogP contribution in [0.1, 0.15) is 5.56 Å². The zero-order valence-electron chi connectivity index (χ0n) is 12.5. The SMILES string of the molecule is Clc1cccc(Cl)c1NC1=NCCN1OCCc1ccccc1. The highest BCUT2D eigenvalue weighted by Crippen LogP contribution is 2.30. The van der Waals surface area contributed by atoms with Crippen LogP contribution in [0, 0.1) is 0 Å². The Kier molecular flexibility index (Phi) is 5.39. The Morgan fingerprint density at radius 2 is 1.78 bits per heavy atom. The van der Waals surface area contributed by atoms with E-state index in [0.29, 0.717) is 41.4 Å². The lowest BCUT2D eigenvalue weighted by Gasteiger charge is -2.21. The minimum absolute atomic E-state index is 0.552. The van der Waals surface area contributed by atoms with E-state index in [4.69, 9.17) is 28.0 Å². The van der Waals surface area contributed by atoms with E-state index in [1.165, 1.54) is 5.56 Å². The van der Waals surface area contributed by atoms with E-state index in [0.717, 1.165) is 6.42 Å². The standard InChI is InChI=1S/C17H17Cl2N3O/c18-14-7-4-8-15(19)16(14)21-17-20-10-11-22(17)23-12-9-13-5-2-1-3-6-13/h1-8H,9-12H2,(H,20,21). The van der Waals surface area contributed by atoms with Gasteiger partial charge in [-0.25, -0.2) is 10.1 Å². The van der Waals surface area contributed by atoms with Gasteiger partial charge < -0.3 is 5.32 Å². The highest BCUT2D eigenvalue weighted by molar-refractivity contribution is 6.39. The summed E-state index contributed by atoms with van der Waals surface area (Å²) >= 11 is 12.4. The van der Waals surface area contributed by atoms with Gasteiger partial charge in [0, 0.05) is 0 Å². The van der Waals surface area contributed by atoms with Crippen LogP contribution in [0.25, 0.3) is 0 Å². The number of benzene rings is 2. The summed E-state index contributed by atoms with van der Waals surface area (Å²) in [4.78, 5) is 10.2. The molecule has 0 spiro atoms. The molecule has 3 rings (SSSR count). The maximum atomic E-state index is 6.18. The second-order valence-corrected chi connectivity index (χ2v) is 5.91. The second-order valence-electron chi connectivity index (χ2n) is 5.10. The predicted molar refractivity (Wildman–Crippen MR) is 95.2 cm³/mol. The predicted octanol–water partition coefficient (Wildman–Crippen LogP) is 4.25. The number of hydrogen-bond acceptors (Lipinski definition) is 4. The van der Waals surface area contributed by atoms with Gasteiger partial charge in [-0.1, -0.05) is 59.6 Å². The van der Waals surface area contributed by atoms with Crippen LogP contribution in [0.2, 0.25) is 10.0 Å². The molecule has 1 heterocycles. The van der Waals surface area contributed by atoms with Gasteiger partial charge in [0.1, 0.15) is 0 Å². The lowest BCUT2D eigenvalue weighted by molar-refractivity contribution is -0.0897. The average molecular weight is 350 g/mol. The number of aliphatic imine (C=N–C) groups is 1. The monoisotopic (exact) mass is 349 g/mol. The van der Waals surface area contributed by atoms with Crippen LogP contribution in [0.4, 0.5) is 5.69 Å². The van der Waals surface area contributed by atoms with Crippen molar-refractivity contribution in [3.8, 4) is 0 Å². The third-order valence-electron chi connectivity index (χ3n) is 3.48. The van der Waals surface area contributed by atoms with Crippen LogP contribution in [0.5, 0.6) is 0 Å². The van der Waals surface area contributed by atoms with E-state index in [9.17, 15) is 0 Å². The van der Waals surface area contributed by atoms with E-state index in [2.05, 4.69) is 22.4 Å². The second kappa shape index (κ2) is 7.68. The number of nitrogens with one attached hydrogen (secondary N) is 1. The molecule has 0 atom stereocenters. The molecule has 2 aromatic carbocycles. The fourth-order valence-electron chi connectivity index (χ4n) is 2.31. The summed E-state index contributed by atoms with van der Waals surface area (Å²) in [5.41, 5.74) is 1.89. The number of hydrogen-bond donors (Lipinski definition) is 1. The molecular formula is C17H17Cl2N3O. The normalized spacial score (nSPS) is 14.0. The number of rotatable bonds is 5. The molecule has 0 amide bonds. The Balaban J connectivity index is 1.58. The number of para-hydroxylation sites is 1. The third kappa shape index (κ3) is 4.16. The first-order chi connectivity index (χ1) is 11.2. The van der Waals surface area contributed by atoms with E-state index < -0.39 is 0 Å². The quantitative estimate of drug-likeness (QED) is 0.876. The van der Waals surface area contributed by atoms with E-state index in [1.54, 1.807) is 23.3 Å². The molecule has 0 saturated carbocycles. The number of nitrogens with zero attached hydrogens (tertiary/aromatic N) is 2. The zero-order chi connectivity index (χ0) is 16.1. The minimum Gasteiger partial charge on any atom is -0.322 e. The Hall–Kier alpha value is -1.75. The van der Waals surface area contributed by atoms with Crippen LogP contribution in [-0.2, 0) is 11.3 Å². The summed E-state index contributed by atoms with van der Waals surface area (Å²) in [6.07, 6.45) is 0.845. The number of anilines is 1. The molecule has 0 radical (unpaired) electrons. The molecule has 0 unspecified atom stereocenters. The van der Waals surface area contributed by atoms with Crippen LogP contribution in [0.15, 0.2) is 53.5 Å². The van der Waals surface area contributed by atoms with Gasteiger partial charge in [-0.3, -0.25) is 4.84 Å². The molecule has 1 aliphatic heterocycles. The molecule has 120 valence electrons. The van der Waals surface area contributed by atoms with Gasteiger partial charge in [0.25, 0.3) is 0 Å². The highest BCUT2D eigenvalue weighted by Gasteiger charge is 2.19. The van der Waals surface area contributed by atoms with Crippen LogP contribution in [0.3, 0.4) is 0 Å². The largest absolute Gasteiger partial charge is 0.322 e. The van der Waals surface area contributed by atoms with Gasteiger partial charge in [-0.2, -0.15) is 0 Å². The summed E-state index contributed by atoms with van der Waals surface area (Å²) in [6.45, 7) is 1.97. The topological polar surface area (TPSA) is 36.9 Å². The van der Waals surface area contributed by atoms with Crippen molar-refractivity contribution in [1.29, 1.82) is 0 Å². The van der Waals surface area contributed by atoms with Crippen molar-refractivity contribution in [3.63, 3.8) is 0 Å². The van der Waals surface area contributed by atoms with Crippen LogP contribution < -0.4 is 5.32 Å². The van der Waals surface area contributed by atoms with Gasteiger partial charge in [0.05, 0.1) is 35.4 Å². The Morgan fingerprint density at radius 3 is 2.52 bits per heavy atom. The van der Waals surface area contributed by atoms with Crippen molar-refractivity contribution < 1.29 is 4.84 Å². The first-order valence-corrected chi connectivity index (χ1v) is 8.19. The maximum absolute atomic E-state index is 6.18. The molecule has 1 N–H and O–H groups in total. The van der Waals surface area contributed by atoms with Gasteiger partial charge in [-0.15, -0.1) is 0 Å².